The number of ether oxygens (including phenoxy) is 7. The van der Waals surface area contributed by atoms with Gasteiger partial charge in [-0.1, -0.05) is 53.4 Å². The molecule has 2 aliphatic heterocycles. The molecule has 7 nitrogen and oxygen atoms in total. The molecule has 2 aromatic rings. The third kappa shape index (κ3) is 7.80. The zero-order valence-corrected chi connectivity index (χ0v) is 24.2. The third-order valence-corrected chi connectivity index (χ3v) is 7.17. The highest BCUT2D eigenvalue weighted by atomic mass is 16.7. The average molecular weight is 543 g/mol. The molecule has 0 spiro atoms. The van der Waals surface area contributed by atoms with Gasteiger partial charge < -0.3 is 33.2 Å². The molecule has 39 heavy (non-hydrogen) atoms. The minimum Gasteiger partial charge on any atom is -0.454 e. The molecule has 0 N–H and O–H groups in total. The summed E-state index contributed by atoms with van der Waals surface area (Å²) >= 11 is 0. The molecule has 0 aromatic heterocycles. The summed E-state index contributed by atoms with van der Waals surface area (Å²) in [6, 6.07) is 8.38. The highest BCUT2D eigenvalue weighted by molar-refractivity contribution is 5.50. The van der Waals surface area contributed by atoms with Crippen molar-refractivity contribution in [2.75, 3.05) is 40.0 Å². The summed E-state index contributed by atoms with van der Waals surface area (Å²) in [4.78, 5) is 0. The van der Waals surface area contributed by atoms with Crippen LogP contribution in [-0.4, -0.2) is 40.0 Å². The fourth-order valence-electron chi connectivity index (χ4n) is 5.05. The lowest BCUT2D eigenvalue weighted by Crippen LogP contribution is -2.20. The van der Waals surface area contributed by atoms with E-state index in [1.165, 1.54) is 11.1 Å². The van der Waals surface area contributed by atoms with Crippen LogP contribution in [0.3, 0.4) is 0 Å². The van der Waals surface area contributed by atoms with E-state index in [0.29, 0.717) is 26.4 Å². The van der Waals surface area contributed by atoms with E-state index in [2.05, 4.69) is 52.0 Å². The first-order valence-electron chi connectivity index (χ1n) is 14.8. The van der Waals surface area contributed by atoms with Gasteiger partial charge in [0.2, 0.25) is 13.6 Å². The van der Waals surface area contributed by atoms with Gasteiger partial charge in [0.05, 0.1) is 13.2 Å². The molecule has 4 rings (SSSR count). The molecular weight excluding hydrogens is 496 g/mol. The van der Waals surface area contributed by atoms with E-state index in [9.17, 15) is 0 Å². The summed E-state index contributed by atoms with van der Waals surface area (Å²) in [7, 11) is 0. The molecule has 2 heterocycles. The topological polar surface area (TPSA) is 64.6 Å². The number of benzene rings is 2. The van der Waals surface area contributed by atoms with E-state index in [4.69, 9.17) is 33.2 Å². The minimum absolute atomic E-state index is 0.198. The van der Waals surface area contributed by atoms with Crippen molar-refractivity contribution in [1.82, 2.24) is 0 Å². The Morgan fingerprint density at radius 2 is 1.00 bits per heavy atom. The predicted octanol–water partition coefficient (Wildman–Crippen LogP) is 7.48. The molecule has 0 radical (unpaired) electrons. The Balaban J connectivity index is 1.54. The van der Waals surface area contributed by atoms with E-state index < -0.39 is 0 Å². The van der Waals surface area contributed by atoms with Gasteiger partial charge in [0.1, 0.15) is 12.2 Å². The summed E-state index contributed by atoms with van der Waals surface area (Å²) < 4.78 is 42.0. The third-order valence-electron chi connectivity index (χ3n) is 7.17. The predicted molar refractivity (Wildman–Crippen MR) is 151 cm³/mol. The first-order valence-corrected chi connectivity index (χ1v) is 14.8. The fraction of sp³-hybridized carbons (Fsp3) is 0.625. The lowest BCUT2D eigenvalue weighted by molar-refractivity contribution is -0.0609. The molecule has 0 saturated heterocycles. The van der Waals surface area contributed by atoms with Gasteiger partial charge in [0.25, 0.3) is 0 Å². The maximum absolute atomic E-state index is 6.44. The number of unbranched alkanes of at least 4 members (excludes halogenated alkanes) is 2. The van der Waals surface area contributed by atoms with Gasteiger partial charge in [0.15, 0.2) is 23.0 Å². The van der Waals surface area contributed by atoms with E-state index >= 15 is 0 Å². The summed E-state index contributed by atoms with van der Waals surface area (Å²) in [6.45, 7) is 11.5. The van der Waals surface area contributed by atoms with E-state index in [1.54, 1.807) is 0 Å². The first-order chi connectivity index (χ1) is 19.2. The van der Waals surface area contributed by atoms with Crippen LogP contribution in [0.1, 0.15) is 101 Å². The number of fused-ring (bicyclic) bond motifs is 2. The minimum atomic E-state index is -0.198. The number of hydrogen-bond donors (Lipinski definition) is 0. The van der Waals surface area contributed by atoms with Gasteiger partial charge in [-0.25, -0.2) is 0 Å². The van der Waals surface area contributed by atoms with Crippen molar-refractivity contribution in [2.24, 2.45) is 0 Å². The second kappa shape index (κ2) is 15.3. The zero-order chi connectivity index (χ0) is 27.5. The maximum atomic E-state index is 6.44. The molecule has 2 aliphatic rings. The number of aryl methyl sites for hydroxylation is 2. The summed E-state index contributed by atoms with van der Waals surface area (Å²) in [5.41, 5.74) is 4.69. The Labute approximate surface area is 234 Å². The van der Waals surface area contributed by atoms with Crippen LogP contribution in [0.25, 0.3) is 0 Å². The van der Waals surface area contributed by atoms with Crippen LogP contribution in [0.5, 0.6) is 23.0 Å². The molecule has 2 unspecified atom stereocenters. The summed E-state index contributed by atoms with van der Waals surface area (Å²) in [5.74, 6) is 3.18. The standard InChI is InChI=1S/C32H46O7/c1-5-9-13-34-31(25-17-29-27(36-21-38-29)15-23(25)11-7-3)19-33-20-32(35-14-10-6-2)26-18-30-28(37-22-39-30)16-24(26)12-8-4/h15-18,31-32H,5-14,19-22H2,1-4H3. The van der Waals surface area contributed by atoms with E-state index in [-0.39, 0.29) is 25.8 Å². The second-order valence-electron chi connectivity index (χ2n) is 10.3. The molecule has 0 bridgehead atoms. The van der Waals surface area contributed by atoms with Gasteiger partial charge in [-0.2, -0.15) is 0 Å². The molecular formula is C32H46O7. The Morgan fingerprint density at radius 1 is 0.590 bits per heavy atom. The Hall–Kier alpha value is -2.48. The maximum Gasteiger partial charge on any atom is 0.231 e. The van der Waals surface area contributed by atoms with Gasteiger partial charge >= 0.3 is 0 Å². The van der Waals surface area contributed by atoms with Crippen LogP contribution in [0, 0.1) is 0 Å². The Bertz CT molecular complexity index is 956. The SMILES string of the molecule is CCCCOC(COCC(OCCCC)c1cc2c(cc1CCC)OCO2)c1cc2c(cc1CCC)OCO2. The monoisotopic (exact) mass is 542 g/mol. The quantitative estimate of drug-likeness (QED) is 0.181. The molecule has 0 amide bonds. The van der Waals surface area contributed by atoms with Crippen molar-refractivity contribution < 1.29 is 33.2 Å². The molecule has 2 aromatic carbocycles. The molecule has 0 fully saturated rings. The van der Waals surface area contributed by atoms with Gasteiger partial charge in [-0.05, 0) is 72.2 Å². The second-order valence-corrected chi connectivity index (χ2v) is 10.3. The van der Waals surface area contributed by atoms with Crippen LogP contribution in [0.15, 0.2) is 24.3 Å². The van der Waals surface area contributed by atoms with Gasteiger partial charge in [-0.3, -0.25) is 0 Å². The van der Waals surface area contributed by atoms with E-state index in [0.717, 1.165) is 85.5 Å². The molecule has 2 atom stereocenters. The van der Waals surface area contributed by atoms with Crippen molar-refractivity contribution in [3.63, 3.8) is 0 Å². The van der Waals surface area contributed by atoms with Crippen LogP contribution in [0.2, 0.25) is 0 Å². The van der Waals surface area contributed by atoms with Gasteiger partial charge in [-0.15, -0.1) is 0 Å². The normalized spacial score (nSPS) is 15.1. The van der Waals surface area contributed by atoms with Crippen LogP contribution < -0.4 is 18.9 Å². The largest absolute Gasteiger partial charge is 0.454 e. The van der Waals surface area contributed by atoms with E-state index in [1.807, 2.05) is 0 Å². The highest BCUT2D eigenvalue weighted by Crippen LogP contribution is 2.40. The van der Waals surface area contributed by atoms with Crippen molar-refractivity contribution in [2.45, 2.75) is 91.3 Å². The smallest absolute Gasteiger partial charge is 0.231 e. The lowest BCUT2D eigenvalue weighted by atomic mass is 9.97. The number of rotatable bonds is 18. The summed E-state index contributed by atoms with van der Waals surface area (Å²) in [6.07, 6.45) is 7.73. The Kier molecular flexibility index (Phi) is 11.6. The fourth-order valence-corrected chi connectivity index (χ4v) is 5.05. The molecule has 0 aliphatic carbocycles. The number of hydrogen-bond acceptors (Lipinski definition) is 7. The molecule has 7 heteroatoms. The van der Waals surface area contributed by atoms with Crippen molar-refractivity contribution >= 4 is 0 Å². The zero-order valence-electron chi connectivity index (χ0n) is 24.2. The summed E-state index contributed by atoms with van der Waals surface area (Å²) in [5, 5.41) is 0. The average Bonchev–Trinajstić information content (AvgIpc) is 3.60. The Morgan fingerprint density at radius 3 is 1.38 bits per heavy atom. The molecule has 0 saturated carbocycles. The highest BCUT2D eigenvalue weighted by Gasteiger charge is 2.26. The lowest BCUT2D eigenvalue weighted by Gasteiger charge is -2.25. The van der Waals surface area contributed by atoms with Gasteiger partial charge in [0, 0.05) is 13.2 Å². The van der Waals surface area contributed by atoms with Crippen molar-refractivity contribution in [1.29, 1.82) is 0 Å². The van der Waals surface area contributed by atoms with Crippen LogP contribution >= 0.6 is 0 Å². The first kappa shape index (κ1) is 29.5. The molecule has 216 valence electrons. The van der Waals surface area contributed by atoms with Crippen LogP contribution in [-0.2, 0) is 27.1 Å². The van der Waals surface area contributed by atoms with Crippen LogP contribution in [0.4, 0.5) is 0 Å². The van der Waals surface area contributed by atoms with Crippen molar-refractivity contribution in [3.05, 3.63) is 46.5 Å². The van der Waals surface area contributed by atoms with Crippen molar-refractivity contribution in [3.8, 4) is 23.0 Å².